The summed E-state index contributed by atoms with van der Waals surface area (Å²) in [7, 11) is 0. The first kappa shape index (κ1) is 15.2. The number of nitrogens with zero attached hydrogens (tertiary/aromatic N) is 5. The van der Waals surface area contributed by atoms with Gasteiger partial charge < -0.3 is 5.32 Å². The van der Waals surface area contributed by atoms with Crippen LogP contribution in [-0.4, -0.2) is 35.9 Å². The molecule has 8 nitrogen and oxygen atoms in total. The fourth-order valence-corrected chi connectivity index (χ4v) is 3.50. The Hall–Kier alpha value is -3.07. The lowest BCUT2D eigenvalue weighted by molar-refractivity contribution is 0.0944. The molecule has 0 aliphatic heterocycles. The lowest BCUT2D eigenvalue weighted by Gasteiger charge is -2.03. The number of carbonyl (C=O) groups excluding carboxylic acids is 1. The maximum absolute atomic E-state index is 12.3. The number of fused-ring (bicyclic) bond motifs is 1. The first-order chi connectivity index (χ1) is 12.8. The molecule has 0 aromatic carbocycles. The minimum absolute atomic E-state index is 0.229. The second-order valence-electron chi connectivity index (χ2n) is 6.25. The van der Waals surface area contributed by atoms with Crippen LogP contribution < -0.4 is 5.32 Å². The minimum Gasteiger partial charge on any atom is -0.343 e. The van der Waals surface area contributed by atoms with Crippen LogP contribution in [0.1, 0.15) is 40.8 Å². The molecule has 1 fully saturated rings. The normalized spacial score (nSPS) is 14.0. The van der Waals surface area contributed by atoms with Gasteiger partial charge in [-0.2, -0.15) is 14.7 Å². The first-order valence-corrected chi connectivity index (χ1v) is 9.24. The minimum atomic E-state index is -0.237. The van der Waals surface area contributed by atoms with Crippen molar-refractivity contribution in [2.45, 2.75) is 25.3 Å². The highest BCUT2D eigenvalue weighted by Gasteiger charge is 2.26. The Bertz CT molecular complexity index is 1080. The summed E-state index contributed by atoms with van der Waals surface area (Å²) in [5, 5.41) is 24.7. The monoisotopic (exact) mass is 365 g/mol. The molecule has 1 aliphatic carbocycles. The number of aromatic nitrogens is 6. The molecule has 2 N–H and O–H groups in total. The lowest BCUT2D eigenvalue weighted by Crippen LogP contribution is -2.24. The van der Waals surface area contributed by atoms with Crippen molar-refractivity contribution in [3.8, 4) is 10.6 Å². The number of amides is 1. The molecule has 4 aromatic heterocycles. The summed E-state index contributed by atoms with van der Waals surface area (Å²) in [5.41, 5.74) is 2.92. The molecule has 1 aliphatic rings. The SMILES string of the molecule is O=C(NCc1nnc2ccc(-c3cccs3)nn12)c1cc(C2CC2)[nH]n1. The summed E-state index contributed by atoms with van der Waals surface area (Å²) in [6.45, 7) is 0.229. The topological polar surface area (TPSA) is 101 Å². The third-order valence-corrected chi connectivity index (χ3v) is 5.25. The van der Waals surface area contributed by atoms with E-state index in [2.05, 4.69) is 30.8 Å². The van der Waals surface area contributed by atoms with Gasteiger partial charge in [-0.1, -0.05) is 6.07 Å². The van der Waals surface area contributed by atoms with Crippen LogP contribution in [0.3, 0.4) is 0 Å². The molecule has 1 amide bonds. The predicted molar refractivity (Wildman–Crippen MR) is 95.8 cm³/mol. The molecule has 4 heterocycles. The second-order valence-corrected chi connectivity index (χ2v) is 7.20. The Morgan fingerprint density at radius 3 is 3.04 bits per heavy atom. The molecule has 0 saturated heterocycles. The van der Waals surface area contributed by atoms with Crippen LogP contribution in [0, 0.1) is 0 Å². The number of H-pyrrole nitrogens is 1. The summed E-state index contributed by atoms with van der Waals surface area (Å²) in [4.78, 5) is 13.4. The first-order valence-electron chi connectivity index (χ1n) is 8.36. The molecule has 130 valence electrons. The van der Waals surface area contributed by atoms with Crippen molar-refractivity contribution in [2.75, 3.05) is 0 Å². The summed E-state index contributed by atoms with van der Waals surface area (Å²) < 4.78 is 1.66. The number of aromatic amines is 1. The number of hydrogen-bond acceptors (Lipinski definition) is 6. The van der Waals surface area contributed by atoms with Gasteiger partial charge in [0, 0.05) is 11.6 Å². The summed E-state index contributed by atoms with van der Waals surface area (Å²) in [5.74, 6) is 0.869. The van der Waals surface area contributed by atoms with Crippen LogP contribution in [0.5, 0.6) is 0 Å². The van der Waals surface area contributed by atoms with E-state index in [4.69, 9.17) is 0 Å². The van der Waals surface area contributed by atoms with Gasteiger partial charge in [0.2, 0.25) is 0 Å². The van der Waals surface area contributed by atoms with Crippen LogP contribution in [0.4, 0.5) is 0 Å². The van der Waals surface area contributed by atoms with Gasteiger partial charge in [0.05, 0.1) is 11.4 Å². The van der Waals surface area contributed by atoms with E-state index in [1.165, 1.54) is 0 Å². The van der Waals surface area contributed by atoms with E-state index in [1.54, 1.807) is 15.9 Å². The molecule has 0 bridgehead atoms. The van der Waals surface area contributed by atoms with Crippen LogP contribution >= 0.6 is 11.3 Å². The molecular weight excluding hydrogens is 350 g/mol. The Morgan fingerprint density at radius 2 is 2.23 bits per heavy atom. The van der Waals surface area contributed by atoms with Crippen molar-refractivity contribution < 1.29 is 4.79 Å². The zero-order chi connectivity index (χ0) is 17.5. The second kappa shape index (κ2) is 6.03. The van der Waals surface area contributed by atoms with Gasteiger partial charge in [0.15, 0.2) is 11.5 Å². The number of nitrogens with one attached hydrogen (secondary N) is 2. The molecule has 5 rings (SSSR count). The van der Waals surface area contributed by atoms with Crippen molar-refractivity contribution in [1.82, 2.24) is 35.3 Å². The molecule has 9 heteroatoms. The van der Waals surface area contributed by atoms with E-state index in [-0.39, 0.29) is 12.5 Å². The maximum Gasteiger partial charge on any atom is 0.272 e. The van der Waals surface area contributed by atoms with Crippen molar-refractivity contribution >= 4 is 22.9 Å². The van der Waals surface area contributed by atoms with Gasteiger partial charge in [-0.3, -0.25) is 9.89 Å². The summed E-state index contributed by atoms with van der Waals surface area (Å²) in [6, 6.07) is 9.61. The number of carbonyl (C=O) groups is 1. The van der Waals surface area contributed by atoms with Crippen molar-refractivity contribution in [3.63, 3.8) is 0 Å². The zero-order valence-electron chi connectivity index (χ0n) is 13.7. The molecule has 4 aromatic rings. The summed E-state index contributed by atoms with van der Waals surface area (Å²) >= 11 is 1.62. The fraction of sp³-hybridized carbons (Fsp3) is 0.235. The molecule has 0 spiro atoms. The fourth-order valence-electron chi connectivity index (χ4n) is 2.81. The van der Waals surface area contributed by atoms with Crippen LogP contribution in [0.25, 0.3) is 16.2 Å². The van der Waals surface area contributed by atoms with E-state index in [0.717, 1.165) is 29.1 Å². The third-order valence-electron chi connectivity index (χ3n) is 4.36. The van der Waals surface area contributed by atoms with Gasteiger partial charge in [-0.25, -0.2) is 0 Å². The molecule has 0 radical (unpaired) electrons. The quantitative estimate of drug-likeness (QED) is 0.565. The number of rotatable bonds is 5. The molecule has 26 heavy (non-hydrogen) atoms. The highest BCUT2D eigenvalue weighted by molar-refractivity contribution is 7.13. The van der Waals surface area contributed by atoms with Crippen LogP contribution in [0.15, 0.2) is 35.7 Å². The standard InChI is InChI=1S/C17H15N7OS/c25-17(13-8-12(19-20-13)10-3-4-10)18-9-16-22-21-15-6-5-11(23-24(15)16)14-2-1-7-26-14/h1-2,5-8,10H,3-4,9H2,(H,18,25)(H,19,20). The van der Waals surface area contributed by atoms with Crippen LogP contribution in [-0.2, 0) is 6.54 Å². The number of hydrogen-bond donors (Lipinski definition) is 2. The average molecular weight is 365 g/mol. The van der Waals surface area contributed by atoms with E-state index in [0.29, 0.717) is 23.1 Å². The zero-order valence-corrected chi connectivity index (χ0v) is 14.5. The Morgan fingerprint density at radius 1 is 1.31 bits per heavy atom. The molecule has 0 unspecified atom stereocenters. The predicted octanol–water partition coefficient (Wildman–Crippen LogP) is 2.38. The average Bonchev–Trinajstić information content (AvgIpc) is 3.09. The molecule has 1 saturated carbocycles. The van der Waals surface area contributed by atoms with E-state index >= 15 is 0 Å². The van der Waals surface area contributed by atoms with Gasteiger partial charge >= 0.3 is 0 Å². The van der Waals surface area contributed by atoms with Gasteiger partial charge in [0.1, 0.15) is 11.4 Å². The Balaban J connectivity index is 1.35. The van der Waals surface area contributed by atoms with Crippen molar-refractivity contribution in [3.05, 3.63) is 52.9 Å². The third kappa shape index (κ3) is 2.76. The van der Waals surface area contributed by atoms with Crippen molar-refractivity contribution in [2.24, 2.45) is 0 Å². The molecular formula is C17H15N7OS. The van der Waals surface area contributed by atoms with Gasteiger partial charge in [-0.15, -0.1) is 21.5 Å². The Labute approximate surface area is 152 Å². The van der Waals surface area contributed by atoms with E-state index < -0.39 is 0 Å². The van der Waals surface area contributed by atoms with Crippen molar-refractivity contribution in [1.29, 1.82) is 0 Å². The largest absolute Gasteiger partial charge is 0.343 e. The van der Waals surface area contributed by atoms with Gasteiger partial charge in [-0.05, 0) is 42.5 Å². The maximum atomic E-state index is 12.3. The Kier molecular flexibility index (Phi) is 3.52. The summed E-state index contributed by atoms with van der Waals surface area (Å²) in [6.07, 6.45) is 2.32. The van der Waals surface area contributed by atoms with Gasteiger partial charge in [0.25, 0.3) is 5.91 Å². The number of thiophene rings is 1. The highest BCUT2D eigenvalue weighted by Crippen LogP contribution is 2.38. The van der Waals surface area contributed by atoms with E-state index in [1.807, 2.05) is 35.7 Å². The molecule has 0 atom stereocenters. The smallest absolute Gasteiger partial charge is 0.272 e. The lowest BCUT2D eigenvalue weighted by atomic mass is 10.2. The van der Waals surface area contributed by atoms with Crippen LogP contribution in [0.2, 0.25) is 0 Å². The van der Waals surface area contributed by atoms with E-state index in [9.17, 15) is 4.79 Å². The highest BCUT2D eigenvalue weighted by atomic mass is 32.1.